The molecule has 18 heavy (non-hydrogen) atoms. The predicted octanol–water partition coefficient (Wildman–Crippen LogP) is 3.09. The van der Waals surface area contributed by atoms with E-state index in [0.717, 1.165) is 23.2 Å². The van der Waals surface area contributed by atoms with Crippen molar-refractivity contribution in [2.75, 3.05) is 7.11 Å². The van der Waals surface area contributed by atoms with Gasteiger partial charge in [0, 0.05) is 17.6 Å². The molecule has 0 spiro atoms. The molecule has 90 valence electrons. The van der Waals surface area contributed by atoms with Gasteiger partial charge in [-0.2, -0.15) is 5.10 Å². The normalized spacial score (nSPS) is 10.7. The average molecular weight is 238 g/mol. The summed E-state index contributed by atoms with van der Waals surface area (Å²) in [5, 5.41) is 5.68. The van der Waals surface area contributed by atoms with Crippen LogP contribution in [0.3, 0.4) is 0 Å². The van der Waals surface area contributed by atoms with Gasteiger partial charge in [0.05, 0.1) is 19.2 Å². The van der Waals surface area contributed by atoms with Crippen LogP contribution in [-0.2, 0) is 6.54 Å². The van der Waals surface area contributed by atoms with E-state index in [4.69, 9.17) is 4.74 Å². The van der Waals surface area contributed by atoms with Gasteiger partial charge in [0.15, 0.2) is 0 Å². The van der Waals surface area contributed by atoms with Crippen LogP contribution in [0.2, 0.25) is 0 Å². The summed E-state index contributed by atoms with van der Waals surface area (Å²) in [7, 11) is 1.67. The van der Waals surface area contributed by atoms with E-state index >= 15 is 0 Å². The molecular formula is C15H14N2O. The van der Waals surface area contributed by atoms with Gasteiger partial charge >= 0.3 is 0 Å². The number of benzene rings is 2. The lowest BCUT2D eigenvalue weighted by Gasteiger charge is -2.00. The van der Waals surface area contributed by atoms with Gasteiger partial charge in [-0.05, 0) is 17.7 Å². The SMILES string of the molecule is COc1ccc2cn(Cc3ccccc3)nc2c1. The summed E-state index contributed by atoms with van der Waals surface area (Å²) in [5.41, 5.74) is 2.21. The van der Waals surface area contributed by atoms with Crippen molar-refractivity contribution in [2.45, 2.75) is 6.54 Å². The zero-order valence-electron chi connectivity index (χ0n) is 10.2. The Balaban J connectivity index is 1.94. The van der Waals surface area contributed by atoms with Crippen LogP contribution in [0.15, 0.2) is 54.7 Å². The molecule has 3 nitrogen and oxygen atoms in total. The molecule has 0 amide bonds. The van der Waals surface area contributed by atoms with Crippen LogP contribution in [0, 0.1) is 0 Å². The lowest BCUT2D eigenvalue weighted by atomic mass is 10.2. The number of methoxy groups -OCH3 is 1. The van der Waals surface area contributed by atoms with Crippen molar-refractivity contribution in [1.29, 1.82) is 0 Å². The van der Waals surface area contributed by atoms with Crippen LogP contribution in [0.1, 0.15) is 5.56 Å². The maximum absolute atomic E-state index is 5.20. The van der Waals surface area contributed by atoms with E-state index in [1.54, 1.807) is 7.11 Å². The van der Waals surface area contributed by atoms with E-state index in [-0.39, 0.29) is 0 Å². The molecule has 0 aliphatic heterocycles. The van der Waals surface area contributed by atoms with Crippen molar-refractivity contribution in [3.63, 3.8) is 0 Å². The Morgan fingerprint density at radius 1 is 1.11 bits per heavy atom. The highest BCUT2D eigenvalue weighted by molar-refractivity contribution is 5.79. The molecule has 0 N–H and O–H groups in total. The zero-order valence-corrected chi connectivity index (χ0v) is 10.2. The maximum Gasteiger partial charge on any atom is 0.121 e. The molecule has 1 heterocycles. The first-order chi connectivity index (χ1) is 8.85. The predicted molar refractivity (Wildman–Crippen MR) is 71.8 cm³/mol. The lowest BCUT2D eigenvalue weighted by Crippen LogP contribution is -1.99. The molecule has 0 fully saturated rings. The molecular weight excluding hydrogens is 224 g/mol. The van der Waals surface area contributed by atoms with Crippen LogP contribution < -0.4 is 4.74 Å². The molecule has 1 aromatic heterocycles. The first-order valence-corrected chi connectivity index (χ1v) is 5.90. The second-order valence-corrected chi connectivity index (χ2v) is 4.24. The number of ether oxygens (including phenoxy) is 1. The van der Waals surface area contributed by atoms with Gasteiger partial charge in [-0.3, -0.25) is 4.68 Å². The summed E-state index contributed by atoms with van der Waals surface area (Å²) in [6.45, 7) is 0.790. The minimum absolute atomic E-state index is 0.790. The molecule has 0 saturated heterocycles. The molecule has 0 bridgehead atoms. The third-order valence-electron chi connectivity index (χ3n) is 2.95. The van der Waals surface area contributed by atoms with Gasteiger partial charge < -0.3 is 4.74 Å². The number of hydrogen-bond donors (Lipinski definition) is 0. The van der Waals surface area contributed by atoms with Gasteiger partial charge in [0.2, 0.25) is 0 Å². The number of rotatable bonds is 3. The number of hydrogen-bond acceptors (Lipinski definition) is 2. The van der Waals surface area contributed by atoms with Crippen LogP contribution in [0.4, 0.5) is 0 Å². The summed E-state index contributed by atoms with van der Waals surface area (Å²) in [5.74, 6) is 0.840. The molecule has 3 heteroatoms. The topological polar surface area (TPSA) is 27.1 Å². The molecule has 0 unspecified atom stereocenters. The first-order valence-electron chi connectivity index (χ1n) is 5.90. The van der Waals surface area contributed by atoms with Crippen LogP contribution in [0.5, 0.6) is 5.75 Å². The highest BCUT2D eigenvalue weighted by atomic mass is 16.5. The lowest BCUT2D eigenvalue weighted by molar-refractivity contribution is 0.415. The Morgan fingerprint density at radius 3 is 2.72 bits per heavy atom. The summed E-state index contributed by atoms with van der Waals surface area (Å²) >= 11 is 0. The average Bonchev–Trinajstić information content (AvgIpc) is 2.80. The standard InChI is InChI=1S/C15H14N2O/c1-18-14-8-7-13-11-17(16-15(13)9-14)10-12-5-3-2-4-6-12/h2-9,11H,10H2,1H3. The fourth-order valence-electron chi connectivity index (χ4n) is 2.03. The Morgan fingerprint density at radius 2 is 1.94 bits per heavy atom. The minimum Gasteiger partial charge on any atom is -0.497 e. The zero-order chi connectivity index (χ0) is 12.4. The third-order valence-corrected chi connectivity index (χ3v) is 2.95. The van der Waals surface area contributed by atoms with E-state index in [2.05, 4.69) is 23.4 Å². The molecule has 0 aliphatic rings. The molecule has 3 rings (SSSR count). The molecule has 0 atom stereocenters. The van der Waals surface area contributed by atoms with Crippen molar-refractivity contribution in [2.24, 2.45) is 0 Å². The fourth-order valence-corrected chi connectivity index (χ4v) is 2.03. The highest BCUT2D eigenvalue weighted by Crippen LogP contribution is 2.19. The summed E-state index contributed by atoms with van der Waals surface area (Å²) < 4.78 is 7.16. The molecule has 3 aromatic rings. The Bertz CT molecular complexity index is 659. The van der Waals surface area contributed by atoms with E-state index in [1.807, 2.05) is 41.1 Å². The van der Waals surface area contributed by atoms with Gasteiger partial charge in [-0.15, -0.1) is 0 Å². The van der Waals surface area contributed by atoms with Crippen molar-refractivity contribution in [1.82, 2.24) is 9.78 Å². The molecule has 0 radical (unpaired) electrons. The van der Waals surface area contributed by atoms with Crippen molar-refractivity contribution in [3.05, 3.63) is 60.3 Å². The van der Waals surface area contributed by atoms with Crippen molar-refractivity contribution in [3.8, 4) is 5.75 Å². The summed E-state index contributed by atoms with van der Waals surface area (Å²) in [6.07, 6.45) is 2.06. The first kappa shape index (κ1) is 10.8. The highest BCUT2D eigenvalue weighted by Gasteiger charge is 2.02. The van der Waals surface area contributed by atoms with Gasteiger partial charge in [-0.1, -0.05) is 30.3 Å². The largest absolute Gasteiger partial charge is 0.497 e. The third kappa shape index (κ3) is 2.07. The van der Waals surface area contributed by atoms with Gasteiger partial charge in [0.1, 0.15) is 5.75 Å². The van der Waals surface area contributed by atoms with Crippen LogP contribution >= 0.6 is 0 Å². The van der Waals surface area contributed by atoms with Gasteiger partial charge in [-0.25, -0.2) is 0 Å². The monoisotopic (exact) mass is 238 g/mol. The Labute approximate surface area is 106 Å². The molecule has 0 saturated carbocycles. The number of aromatic nitrogens is 2. The quantitative estimate of drug-likeness (QED) is 0.701. The van der Waals surface area contributed by atoms with E-state index in [1.165, 1.54) is 5.56 Å². The Hall–Kier alpha value is -2.29. The molecule has 2 aromatic carbocycles. The second kappa shape index (κ2) is 4.53. The number of fused-ring (bicyclic) bond motifs is 1. The summed E-state index contributed by atoms with van der Waals surface area (Å²) in [6, 6.07) is 16.3. The van der Waals surface area contributed by atoms with Crippen LogP contribution in [-0.4, -0.2) is 16.9 Å². The van der Waals surface area contributed by atoms with Crippen molar-refractivity contribution < 1.29 is 4.74 Å². The summed E-state index contributed by atoms with van der Waals surface area (Å²) in [4.78, 5) is 0. The fraction of sp³-hybridized carbons (Fsp3) is 0.133. The van der Waals surface area contributed by atoms with E-state index in [0.29, 0.717) is 0 Å². The van der Waals surface area contributed by atoms with E-state index < -0.39 is 0 Å². The van der Waals surface area contributed by atoms with Crippen LogP contribution in [0.25, 0.3) is 10.9 Å². The number of nitrogens with zero attached hydrogens (tertiary/aromatic N) is 2. The minimum atomic E-state index is 0.790. The smallest absolute Gasteiger partial charge is 0.121 e. The van der Waals surface area contributed by atoms with Crippen molar-refractivity contribution >= 4 is 10.9 Å². The Kier molecular flexibility index (Phi) is 2.73. The second-order valence-electron chi connectivity index (χ2n) is 4.24. The van der Waals surface area contributed by atoms with E-state index in [9.17, 15) is 0 Å². The maximum atomic E-state index is 5.20. The molecule has 0 aliphatic carbocycles. The van der Waals surface area contributed by atoms with Gasteiger partial charge in [0.25, 0.3) is 0 Å².